The van der Waals surface area contributed by atoms with E-state index >= 15 is 4.39 Å². The number of hydrogen-bond acceptors (Lipinski definition) is 7. The number of rotatable bonds is 4. The minimum atomic E-state index is -2.36. The molecule has 12 heteroatoms. The molecule has 41 heavy (non-hydrogen) atoms. The predicted molar refractivity (Wildman–Crippen MR) is 156 cm³/mol. The molecule has 0 spiro atoms. The summed E-state index contributed by atoms with van der Waals surface area (Å²) in [7, 11) is 2.19. The topological polar surface area (TPSA) is 129 Å². The van der Waals surface area contributed by atoms with Crippen LogP contribution in [-0.4, -0.2) is 72.4 Å². The smallest absolute Gasteiger partial charge is 0.146 e. The molecule has 2 fully saturated rings. The molecule has 0 amide bonds. The van der Waals surface area contributed by atoms with Crippen molar-refractivity contribution >= 4 is 28.1 Å². The fraction of sp³-hybridized carbons (Fsp3) is 0.379. The highest BCUT2D eigenvalue weighted by Crippen LogP contribution is 2.40. The first kappa shape index (κ1) is 29.2. The van der Waals surface area contributed by atoms with Gasteiger partial charge in [0.2, 0.25) is 0 Å². The second kappa shape index (κ2) is 12.7. The van der Waals surface area contributed by atoms with E-state index in [9.17, 15) is 4.39 Å². The molecule has 1 aliphatic heterocycles. The Kier molecular flexibility index (Phi) is 9.05. The largest absolute Gasteiger partial charge is 0.760 e. The zero-order valence-corrected chi connectivity index (χ0v) is 23.7. The number of piperazine rings is 1. The van der Waals surface area contributed by atoms with Crippen LogP contribution in [0.25, 0.3) is 33.3 Å². The molecule has 3 heterocycles. The van der Waals surface area contributed by atoms with Crippen molar-refractivity contribution in [1.29, 1.82) is 0 Å². The Morgan fingerprint density at radius 1 is 0.902 bits per heavy atom. The highest BCUT2D eigenvalue weighted by Gasteiger charge is 2.30. The number of nitrogens with zero attached hydrogens (tertiary/aromatic N) is 5. The molecule has 0 radical (unpaired) electrons. The van der Waals surface area contributed by atoms with E-state index in [1.165, 1.54) is 18.5 Å². The second-order valence-electron chi connectivity index (χ2n) is 10.6. The lowest BCUT2D eigenvalue weighted by molar-refractivity contribution is 0.0828. The van der Waals surface area contributed by atoms with Crippen LogP contribution in [0.3, 0.4) is 0 Å². The standard InChI is InChI=1S/C29H32F2N6.H3NO2S/c1-35-12-14-36(15-13-35)20-7-9-21(10-8-20)37-17-24(27-28(32)33-18-34-29(27)37)19-6-11-23(26(31)16-19)22-4-2-3-5-25(22)30;1-4(2)3/h2-6,11,16-18,20-21H,7-10,12-15H2,1H3,(H2,32,33,34);1H2,(H,2,3)/p-1. The zero-order valence-electron chi connectivity index (χ0n) is 22.9. The maximum absolute atomic E-state index is 15.3. The molecule has 6 rings (SSSR count). The van der Waals surface area contributed by atoms with Gasteiger partial charge in [-0.3, -0.25) is 14.2 Å². The number of nitrogens with two attached hydrogens (primary N) is 2. The van der Waals surface area contributed by atoms with Crippen molar-refractivity contribution in [3.05, 3.63) is 66.6 Å². The second-order valence-corrected chi connectivity index (χ2v) is 11.2. The Balaban J connectivity index is 0.000000794. The summed E-state index contributed by atoms with van der Waals surface area (Å²) in [6.45, 7) is 4.54. The van der Waals surface area contributed by atoms with Crippen LogP contribution in [0.5, 0.6) is 0 Å². The van der Waals surface area contributed by atoms with Gasteiger partial charge in [-0.15, -0.1) is 0 Å². The first-order valence-corrected chi connectivity index (χ1v) is 14.8. The lowest BCUT2D eigenvalue weighted by atomic mass is 9.89. The highest BCUT2D eigenvalue weighted by atomic mass is 32.2. The van der Waals surface area contributed by atoms with Crippen LogP contribution in [0.1, 0.15) is 31.7 Å². The third kappa shape index (κ3) is 6.47. The molecular weight excluding hydrogens is 548 g/mol. The molecule has 2 aromatic carbocycles. The van der Waals surface area contributed by atoms with E-state index in [0.29, 0.717) is 23.5 Å². The summed E-state index contributed by atoms with van der Waals surface area (Å²) in [5, 5.41) is 4.77. The van der Waals surface area contributed by atoms with E-state index in [0.717, 1.165) is 68.5 Å². The van der Waals surface area contributed by atoms with Gasteiger partial charge in [0.15, 0.2) is 0 Å². The van der Waals surface area contributed by atoms with E-state index in [-0.39, 0.29) is 11.1 Å². The van der Waals surface area contributed by atoms with Crippen LogP contribution in [0.4, 0.5) is 14.6 Å². The summed E-state index contributed by atoms with van der Waals surface area (Å²) < 4.78 is 49.3. The van der Waals surface area contributed by atoms with Crippen LogP contribution >= 0.6 is 0 Å². The SMILES string of the molecule is CN1CCN(C2CCC(n3cc(-c4ccc(-c5ccccc5F)c(F)c4)c4c(N)ncnc43)CC2)CC1.NS(=O)[O-]. The van der Waals surface area contributed by atoms with Crippen molar-refractivity contribution in [3.63, 3.8) is 0 Å². The van der Waals surface area contributed by atoms with Crippen molar-refractivity contribution in [2.45, 2.75) is 37.8 Å². The van der Waals surface area contributed by atoms with E-state index in [4.69, 9.17) is 14.5 Å². The van der Waals surface area contributed by atoms with Crippen LogP contribution in [0.15, 0.2) is 55.0 Å². The fourth-order valence-corrected chi connectivity index (χ4v) is 6.07. The summed E-state index contributed by atoms with van der Waals surface area (Å²) in [6.07, 6.45) is 7.96. The first-order chi connectivity index (χ1) is 19.7. The molecule has 4 N–H and O–H groups in total. The van der Waals surface area contributed by atoms with Gasteiger partial charge in [-0.05, 0) is 50.4 Å². The van der Waals surface area contributed by atoms with Crippen LogP contribution < -0.4 is 10.9 Å². The number of hydrogen-bond donors (Lipinski definition) is 2. The number of nitrogen functional groups attached to an aromatic ring is 1. The van der Waals surface area contributed by atoms with Crippen molar-refractivity contribution in [2.24, 2.45) is 5.14 Å². The molecule has 1 saturated carbocycles. The number of aromatic nitrogens is 3. The maximum atomic E-state index is 15.3. The Hall–Kier alpha value is -3.29. The quantitative estimate of drug-likeness (QED) is 0.347. The molecule has 218 valence electrons. The number of fused-ring (bicyclic) bond motifs is 1. The lowest BCUT2D eigenvalue weighted by Crippen LogP contribution is -2.49. The van der Waals surface area contributed by atoms with Crippen molar-refractivity contribution in [1.82, 2.24) is 24.3 Å². The summed E-state index contributed by atoms with van der Waals surface area (Å²) in [5.41, 5.74) is 9.06. The number of halogens is 2. The molecule has 2 aromatic heterocycles. The minimum Gasteiger partial charge on any atom is -0.760 e. The molecule has 1 unspecified atom stereocenters. The van der Waals surface area contributed by atoms with Gasteiger partial charge in [0.1, 0.15) is 29.4 Å². The maximum Gasteiger partial charge on any atom is 0.146 e. The Morgan fingerprint density at radius 2 is 1.54 bits per heavy atom. The number of likely N-dealkylation sites (N-methyl/N-ethyl adjacent to an activating group) is 1. The monoisotopic (exact) mass is 582 g/mol. The van der Waals surface area contributed by atoms with Gasteiger partial charge in [-0.2, -0.15) is 0 Å². The van der Waals surface area contributed by atoms with Gasteiger partial charge >= 0.3 is 0 Å². The Bertz CT molecular complexity index is 1530. The third-order valence-corrected chi connectivity index (χ3v) is 8.20. The summed E-state index contributed by atoms with van der Waals surface area (Å²) in [4.78, 5) is 13.9. The van der Waals surface area contributed by atoms with E-state index in [1.807, 2.05) is 12.3 Å². The van der Waals surface area contributed by atoms with E-state index in [2.05, 4.69) is 36.5 Å². The van der Waals surface area contributed by atoms with Gasteiger partial charge in [-0.1, -0.05) is 30.3 Å². The van der Waals surface area contributed by atoms with Crippen LogP contribution in [0.2, 0.25) is 0 Å². The number of anilines is 1. The molecule has 1 saturated heterocycles. The number of benzene rings is 2. The predicted octanol–water partition coefficient (Wildman–Crippen LogP) is 4.10. The third-order valence-electron chi connectivity index (χ3n) is 8.20. The zero-order chi connectivity index (χ0) is 29.1. The summed E-state index contributed by atoms with van der Waals surface area (Å²) >= 11 is -2.36. The van der Waals surface area contributed by atoms with Crippen molar-refractivity contribution in [3.8, 4) is 22.3 Å². The lowest BCUT2D eigenvalue weighted by Gasteiger charge is -2.41. The highest BCUT2D eigenvalue weighted by molar-refractivity contribution is 7.76. The normalized spacial score (nSPS) is 20.9. The summed E-state index contributed by atoms with van der Waals surface area (Å²) in [5.74, 6) is -0.550. The average Bonchev–Trinajstić information content (AvgIpc) is 3.35. The molecular formula is C29H34F2N7O2S-. The summed E-state index contributed by atoms with van der Waals surface area (Å²) in [6, 6.07) is 12.1. The minimum absolute atomic E-state index is 0.233. The Labute approximate surface area is 240 Å². The average molecular weight is 583 g/mol. The van der Waals surface area contributed by atoms with E-state index in [1.54, 1.807) is 24.3 Å². The van der Waals surface area contributed by atoms with Gasteiger partial charge < -0.3 is 19.8 Å². The van der Waals surface area contributed by atoms with Gasteiger partial charge in [0.05, 0.1) is 5.39 Å². The fourth-order valence-electron chi connectivity index (χ4n) is 6.07. The molecule has 1 atom stereocenters. The van der Waals surface area contributed by atoms with E-state index < -0.39 is 22.9 Å². The van der Waals surface area contributed by atoms with Crippen molar-refractivity contribution in [2.75, 3.05) is 39.0 Å². The first-order valence-electron chi connectivity index (χ1n) is 13.6. The Morgan fingerprint density at radius 3 is 2.20 bits per heavy atom. The van der Waals surface area contributed by atoms with Crippen molar-refractivity contribution < 1.29 is 17.5 Å². The molecule has 4 aromatic rings. The molecule has 1 aliphatic carbocycles. The van der Waals surface area contributed by atoms with Gasteiger partial charge in [0, 0.05) is 72.4 Å². The van der Waals surface area contributed by atoms with Gasteiger partial charge in [-0.25, -0.2) is 18.7 Å². The molecule has 2 aliphatic rings. The van der Waals surface area contributed by atoms with Gasteiger partial charge in [0.25, 0.3) is 0 Å². The molecule has 0 bridgehead atoms. The molecule has 9 nitrogen and oxygen atoms in total. The van der Waals surface area contributed by atoms with Crippen LogP contribution in [0, 0.1) is 11.6 Å². The van der Waals surface area contributed by atoms with Crippen LogP contribution in [-0.2, 0) is 11.3 Å².